The van der Waals surface area contributed by atoms with E-state index in [1.165, 1.54) is 32.1 Å². The molecule has 0 aromatic rings. The van der Waals surface area contributed by atoms with Crippen LogP contribution >= 0.6 is 0 Å². The first kappa shape index (κ1) is 20.3. The first-order chi connectivity index (χ1) is 10.8. The minimum Gasteiger partial charge on any atom is -0.444 e. The van der Waals surface area contributed by atoms with Crippen LogP contribution in [-0.4, -0.2) is 30.0 Å². The lowest BCUT2D eigenvalue weighted by Crippen LogP contribution is -2.44. The number of aliphatic hydroxyl groups is 1. The first-order valence-electron chi connectivity index (χ1n) is 9.34. The molecular weight excluding hydrogens is 290 g/mol. The Hall–Kier alpha value is -0.770. The van der Waals surface area contributed by atoms with Crippen LogP contribution in [0.1, 0.15) is 79.6 Å². The normalized spacial score (nSPS) is 19.0. The maximum atomic E-state index is 12.0. The molecule has 0 saturated heterocycles. The fourth-order valence-electron chi connectivity index (χ4n) is 3.41. The minimum atomic E-state index is -0.487. The second kappa shape index (κ2) is 8.91. The molecule has 0 aromatic carbocycles. The van der Waals surface area contributed by atoms with Crippen LogP contribution in [0.15, 0.2) is 0 Å². The number of carbonyl (C=O) groups excluding carboxylic acids is 1. The number of aliphatic hydroxyl groups excluding tert-OH is 1. The SMILES string of the molecule is CCCCC(CC)CC(CO)(CNC(=O)OC(C)(C)C)C1CC1. The molecule has 0 spiro atoms. The van der Waals surface area contributed by atoms with Gasteiger partial charge in [-0.05, 0) is 51.9 Å². The molecule has 2 N–H and O–H groups in total. The van der Waals surface area contributed by atoms with Crippen LogP contribution in [-0.2, 0) is 4.74 Å². The highest BCUT2D eigenvalue weighted by Gasteiger charge is 2.45. The maximum Gasteiger partial charge on any atom is 0.407 e. The molecule has 1 aliphatic carbocycles. The molecule has 0 heterocycles. The molecule has 2 atom stereocenters. The zero-order valence-electron chi connectivity index (χ0n) is 15.8. The number of hydrogen-bond donors (Lipinski definition) is 2. The summed E-state index contributed by atoms with van der Waals surface area (Å²) in [6, 6.07) is 0. The van der Waals surface area contributed by atoms with Gasteiger partial charge < -0.3 is 15.2 Å². The zero-order chi connectivity index (χ0) is 17.5. The van der Waals surface area contributed by atoms with Gasteiger partial charge >= 0.3 is 6.09 Å². The predicted octanol–water partition coefficient (Wildman–Crippen LogP) is 4.51. The van der Waals surface area contributed by atoms with E-state index in [0.717, 1.165) is 12.8 Å². The number of rotatable bonds is 10. The van der Waals surface area contributed by atoms with Crippen molar-refractivity contribution in [1.29, 1.82) is 0 Å². The van der Waals surface area contributed by atoms with E-state index in [1.54, 1.807) is 0 Å². The Kier molecular flexibility index (Phi) is 7.85. The Morgan fingerprint density at radius 1 is 1.30 bits per heavy atom. The van der Waals surface area contributed by atoms with Gasteiger partial charge in [0.05, 0.1) is 6.61 Å². The summed E-state index contributed by atoms with van der Waals surface area (Å²) in [5.74, 6) is 1.17. The summed E-state index contributed by atoms with van der Waals surface area (Å²) < 4.78 is 5.34. The van der Waals surface area contributed by atoms with E-state index in [1.807, 2.05) is 20.8 Å². The van der Waals surface area contributed by atoms with Gasteiger partial charge in [0.25, 0.3) is 0 Å². The number of amides is 1. The van der Waals surface area contributed by atoms with Gasteiger partial charge in [-0.25, -0.2) is 4.79 Å². The molecule has 4 nitrogen and oxygen atoms in total. The molecule has 23 heavy (non-hydrogen) atoms. The van der Waals surface area contributed by atoms with Crippen molar-refractivity contribution < 1.29 is 14.6 Å². The number of unbranched alkanes of at least 4 members (excludes halogenated alkanes) is 1. The van der Waals surface area contributed by atoms with Crippen LogP contribution in [0.25, 0.3) is 0 Å². The monoisotopic (exact) mass is 327 g/mol. The van der Waals surface area contributed by atoms with Crippen LogP contribution in [0.4, 0.5) is 4.79 Å². The molecular formula is C19H37NO3. The Morgan fingerprint density at radius 3 is 2.39 bits per heavy atom. The highest BCUT2D eigenvalue weighted by molar-refractivity contribution is 5.67. The van der Waals surface area contributed by atoms with Crippen LogP contribution in [0.2, 0.25) is 0 Å². The van der Waals surface area contributed by atoms with Gasteiger partial charge in [-0.3, -0.25) is 0 Å². The summed E-state index contributed by atoms with van der Waals surface area (Å²) in [6.45, 7) is 10.7. The molecule has 1 aliphatic rings. The van der Waals surface area contributed by atoms with E-state index in [9.17, 15) is 9.90 Å². The Balaban J connectivity index is 2.65. The average molecular weight is 328 g/mol. The van der Waals surface area contributed by atoms with Crippen molar-refractivity contribution in [2.45, 2.75) is 85.2 Å². The van der Waals surface area contributed by atoms with E-state index in [0.29, 0.717) is 18.4 Å². The molecule has 0 aromatic heterocycles. The fourth-order valence-corrected chi connectivity index (χ4v) is 3.41. The smallest absolute Gasteiger partial charge is 0.407 e. The summed E-state index contributed by atoms with van der Waals surface area (Å²) in [7, 11) is 0. The molecule has 0 radical (unpaired) electrons. The quantitative estimate of drug-likeness (QED) is 0.621. The van der Waals surface area contributed by atoms with E-state index >= 15 is 0 Å². The third-order valence-electron chi connectivity index (χ3n) is 4.98. The van der Waals surface area contributed by atoms with Crippen molar-refractivity contribution in [3.63, 3.8) is 0 Å². The van der Waals surface area contributed by atoms with Gasteiger partial charge in [-0.1, -0.05) is 39.5 Å². The van der Waals surface area contributed by atoms with Crippen molar-refractivity contribution in [3.05, 3.63) is 0 Å². The molecule has 1 rings (SSSR count). The largest absolute Gasteiger partial charge is 0.444 e. The third-order valence-corrected chi connectivity index (χ3v) is 4.98. The number of nitrogens with one attached hydrogen (secondary N) is 1. The van der Waals surface area contributed by atoms with Crippen molar-refractivity contribution in [2.75, 3.05) is 13.2 Å². The second-order valence-corrected chi connectivity index (χ2v) is 8.27. The zero-order valence-corrected chi connectivity index (χ0v) is 15.8. The van der Waals surface area contributed by atoms with E-state index in [4.69, 9.17) is 4.74 Å². The Bertz CT molecular complexity index is 360. The van der Waals surface area contributed by atoms with Crippen molar-refractivity contribution in [1.82, 2.24) is 5.32 Å². The van der Waals surface area contributed by atoms with Gasteiger partial charge in [0.1, 0.15) is 5.60 Å². The molecule has 1 saturated carbocycles. The summed E-state index contributed by atoms with van der Waals surface area (Å²) in [5, 5.41) is 13.0. The van der Waals surface area contributed by atoms with Crippen LogP contribution in [0, 0.1) is 17.3 Å². The van der Waals surface area contributed by atoms with E-state index in [2.05, 4.69) is 19.2 Å². The van der Waals surface area contributed by atoms with Gasteiger partial charge in [0, 0.05) is 12.0 Å². The summed E-state index contributed by atoms with van der Waals surface area (Å²) >= 11 is 0. The molecule has 136 valence electrons. The number of hydrogen-bond acceptors (Lipinski definition) is 3. The fraction of sp³-hybridized carbons (Fsp3) is 0.947. The van der Waals surface area contributed by atoms with Crippen molar-refractivity contribution in [2.24, 2.45) is 17.3 Å². The second-order valence-electron chi connectivity index (χ2n) is 8.27. The number of alkyl carbamates (subject to hydrolysis) is 1. The first-order valence-corrected chi connectivity index (χ1v) is 9.34. The lowest BCUT2D eigenvalue weighted by atomic mass is 9.73. The molecule has 0 bridgehead atoms. The maximum absolute atomic E-state index is 12.0. The van der Waals surface area contributed by atoms with Crippen molar-refractivity contribution in [3.8, 4) is 0 Å². The lowest BCUT2D eigenvalue weighted by Gasteiger charge is -2.36. The van der Waals surface area contributed by atoms with E-state index < -0.39 is 5.60 Å². The topological polar surface area (TPSA) is 58.6 Å². The summed E-state index contributed by atoms with van der Waals surface area (Å²) in [6.07, 6.45) is 7.76. The van der Waals surface area contributed by atoms with Gasteiger partial charge in [0.2, 0.25) is 0 Å². The predicted molar refractivity (Wildman–Crippen MR) is 94.4 cm³/mol. The molecule has 4 heteroatoms. The van der Waals surface area contributed by atoms with Crippen molar-refractivity contribution >= 4 is 6.09 Å². The van der Waals surface area contributed by atoms with Crippen LogP contribution in [0.5, 0.6) is 0 Å². The van der Waals surface area contributed by atoms with Crippen LogP contribution in [0.3, 0.4) is 0 Å². The standard InChI is InChI=1S/C19H37NO3/c1-6-8-9-15(7-2)12-19(14-21,16-10-11-16)13-20-17(22)23-18(3,4)5/h15-16,21H,6-14H2,1-5H3,(H,20,22). The Labute approximate surface area is 142 Å². The highest BCUT2D eigenvalue weighted by Crippen LogP contribution is 2.49. The summed E-state index contributed by atoms with van der Waals surface area (Å²) in [4.78, 5) is 12.0. The Morgan fingerprint density at radius 2 is 1.96 bits per heavy atom. The van der Waals surface area contributed by atoms with Gasteiger partial charge in [-0.2, -0.15) is 0 Å². The molecule has 1 fully saturated rings. The lowest BCUT2D eigenvalue weighted by molar-refractivity contribution is 0.0378. The van der Waals surface area contributed by atoms with E-state index in [-0.39, 0.29) is 18.1 Å². The molecule has 0 aliphatic heterocycles. The highest BCUT2D eigenvalue weighted by atomic mass is 16.6. The number of ether oxygens (including phenoxy) is 1. The van der Waals surface area contributed by atoms with Gasteiger partial charge in [0.15, 0.2) is 0 Å². The average Bonchev–Trinajstić information content (AvgIpc) is 3.30. The molecule has 1 amide bonds. The third kappa shape index (κ3) is 7.11. The summed E-state index contributed by atoms with van der Waals surface area (Å²) in [5.41, 5.74) is -0.663. The van der Waals surface area contributed by atoms with Gasteiger partial charge in [-0.15, -0.1) is 0 Å². The molecule has 2 unspecified atom stereocenters. The minimum absolute atomic E-state index is 0.149. The van der Waals surface area contributed by atoms with Crippen LogP contribution < -0.4 is 5.32 Å². The number of carbonyl (C=O) groups is 1.